The van der Waals surface area contributed by atoms with E-state index in [1.807, 2.05) is 13.8 Å². The molecular weight excluding hydrogens is 280 g/mol. The van der Waals surface area contributed by atoms with Crippen LogP contribution in [-0.4, -0.2) is 44.9 Å². The summed E-state index contributed by atoms with van der Waals surface area (Å²) < 4.78 is 24.1. The molecule has 1 fully saturated rings. The highest BCUT2D eigenvalue weighted by Crippen LogP contribution is 2.17. The van der Waals surface area contributed by atoms with E-state index in [-0.39, 0.29) is 30.3 Å². The molecule has 0 radical (unpaired) electrons. The molecule has 0 bridgehead atoms. The molecule has 1 saturated heterocycles. The van der Waals surface area contributed by atoms with Gasteiger partial charge in [-0.1, -0.05) is 13.8 Å². The zero-order valence-electron chi connectivity index (χ0n) is 12.2. The van der Waals surface area contributed by atoms with Crippen molar-refractivity contribution in [1.82, 2.24) is 9.62 Å². The lowest BCUT2D eigenvalue weighted by Gasteiger charge is -2.33. The molecule has 8 heteroatoms. The summed E-state index contributed by atoms with van der Waals surface area (Å²) in [4.78, 5) is 13.9. The Morgan fingerprint density at radius 3 is 2.65 bits per heavy atom. The van der Waals surface area contributed by atoms with E-state index in [0.717, 1.165) is 19.4 Å². The normalized spacial score (nSPS) is 22.1. The second kappa shape index (κ2) is 7.35. The van der Waals surface area contributed by atoms with Crippen LogP contribution in [0.15, 0.2) is 0 Å². The minimum atomic E-state index is -3.66. The third kappa shape index (κ3) is 6.17. The van der Waals surface area contributed by atoms with Crippen molar-refractivity contribution in [2.24, 2.45) is 22.7 Å². The fourth-order valence-electron chi connectivity index (χ4n) is 2.26. The van der Waals surface area contributed by atoms with Gasteiger partial charge in [-0.2, -0.15) is 8.42 Å². The number of carbonyl (C=O) groups excluding carboxylic acids is 1. The van der Waals surface area contributed by atoms with Gasteiger partial charge < -0.3 is 10.6 Å². The number of likely N-dealkylation sites (tertiary alicyclic amines) is 1. The first-order valence-electron chi connectivity index (χ1n) is 6.99. The number of nitrogens with zero attached hydrogens (tertiary/aromatic N) is 1. The topological polar surface area (TPSA) is 119 Å². The van der Waals surface area contributed by atoms with Crippen LogP contribution in [0, 0.1) is 11.8 Å². The first kappa shape index (κ1) is 17.4. The number of hydrogen-bond donors (Lipinski definition) is 3. The number of nitrogens with two attached hydrogens (primary N) is 2. The summed E-state index contributed by atoms with van der Waals surface area (Å²) in [6.45, 7) is 5.54. The summed E-state index contributed by atoms with van der Waals surface area (Å²) in [5.41, 5.74) is 5.92. The first-order valence-corrected chi connectivity index (χ1v) is 8.54. The monoisotopic (exact) mass is 306 g/mol. The average molecular weight is 306 g/mol. The van der Waals surface area contributed by atoms with E-state index in [9.17, 15) is 13.2 Å². The van der Waals surface area contributed by atoms with Crippen molar-refractivity contribution < 1.29 is 13.2 Å². The van der Waals surface area contributed by atoms with E-state index >= 15 is 0 Å². The van der Waals surface area contributed by atoms with Gasteiger partial charge in [-0.3, -0.25) is 4.79 Å². The van der Waals surface area contributed by atoms with Gasteiger partial charge in [0.2, 0.25) is 5.91 Å². The van der Waals surface area contributed by atoms with Gasteiger partial charge in [0.25, 0.3) is 10.2 Å². The molecule has 1 aliphatic heterocycles. The van der Waals surface area contributed by atoms with E-state index in [1.54, 1.807) is 4.90 Å². The summed E-state index contributed by atoms with van der Waals surface area (Å²) in [7, 11) is -3.66. The molecule has 0 aromatic carbocycles. The summed E-state index contributed by atoms with van der Waals surface area (Å²) in [5.74, 6) is 0.427. The molecular formula is C12H26N4O3S. The zero-order valence-corrected chi connectivity index (χ0v) is 13.0. The molecule has 0 aromatic heterocycles. The van der Waals surface area contributed by atoms with Gasteiger partial charge in [-0.15, -0.1) is 0 Å². The largest absolute Gasteiger partial charge is 0.342 e. The van der Waals surface area contributed by atoms with Gasteiger partial charge in [-0.05, 0) is 24.7 Å². The lowest BCUT2D eigenvalue weighted by molar-refractivity contribution is -0.133. The second-order valence-corrected chi connectivity index (χ2v) is 7.23. The Morgan fingerprint density at radius 2 is 2.10 bits per heavy atom. The number of amides is 1. The van der Waals surface area contributed by atoms with Crippen molar-refractivity contribution in [3.05, 3.63) is 0 Å². The highest BCUT2D eigenvalue weighted by molar-refractivity contribution is 7.87. The van der Waals surface area contributed by atoms with Crippen molar-refractivity contribution in [1.29, 1.82) is 0 Å². The van der Waals surface area contributed by atoms with Crippen LogP contribution in [0.2, 0.25) is 0 Å². The second-order valence-electron chi connectivity index (χ2n) is 5.85. The fraction of sp³-hybridized carbons (Fsp3) is 0.917. The molecule has 5 N–H and O–H groups in total. The molecule has 2 atom stereocenters. The maximum atomic E-state index is 12.1. The third-order valence-corrected chi connectivity index (χ3v) is 4.28. The van der Waals surface area contributed by atoms with Crippen LogP contribution in [0.25, 0.3) is 0 Å². The Morgan fingerprint density at radius 1 is 1.45 bits per heavy atom. The number of carbonyl (C=O) groups is 1. The van der Waals surface area contributed by atoms with Crippen LogP contribution in [-0.2, 0) is 15.0 Å². The van der Waals surface area contributed by atoms with Crippen molar-refractivity contribution in [3.63, 3.8) is 0 Å². The third-order valence-electron chi connectivity index (χ3n) is 3.71. The molecule has 1 amide bonds. The minimum absolute atomic E-state index is 0.0477. The van der Waals surface area contributed by atoms with E-state index in [2.05, 4.69) is 4.72 Å². The predicted octanol–water partition coefficient (Wildman–Crippen LogP) is -0.608. The minimum Gasteiger partial charge on any atom is -0.342 e. The number of nitrogens with one attached hydrogen (secondary N) is 1. The van der Waals surface area contributed by atoms with Crippen LogP contribution in [0.5, 0.6) is 0 Å². The van der Waals surface area contributed by atoms with E-state index in [4.69, 9.17) is 10.9 Å². The maximum Gasteiger partial charge on any atom is 0.274 e. The molecule has 2 unspecified atom stereocenters. The van der Waals surface area contributed by atoms with Crippen LogP contribution in [0.3, 0.4) is 0 Å². The standard InChI is InChI=1S/C12H26N4O3S/c1-9(2)11(13)6-12(17)16-5-3-4-10(8-16)7-15-20(14,18)19/h9-11,15H,3-8,13H2,1-2H3,(H2,14,18,19). The first-order chi connectivity index (χ1) is 9.19. The number of hydrogen-bond acceptors (Lipinski definition) is 4. The number of rotatable bonds is 6. The van der Waals surface area contributed by atoms with Gasteiger partial charge >= 0.3 is 0 Å². The Hall–Kier alpha value is -0.700. The van der Waals surface area contributed by atoms with Crippen molar-refractivity contribution in [3.8, 4) is 0 Å². The molecule has 0 aromatic rings. The quantitative estimate of drug-likeness (QED) is 0.606. The highest BCUT2D eigenvalue weighted by Gasteiger charge is 2.25. The molecule has 118 valence electrons. The Kier molecular flexibility index (Phi) is 6.38. The van der Waals surface area contributed by atoms with Crippen molar-refractivity contribution in [2.75, 3.05) is 19.6 Å². The van der Waals surface area contributed by atoms with Crippen LogP contribution in [0.4, 0.5) is 0 Å². The molecule has 1 aliphatic rings. The number of piperidine rings is 1. The molecule has 0 aliphatic carbocycles. The van der Waals surface area contributed by atoms with Gasteiger partial charge in [-0.25, -0.2) is 9.86 Å². The summed E-state index contributed by atoms with van der Waals surface area (Å²) in [6, 6.07) is -0.134. The van der Waals surface area contributed by atoms with Crippen molar-refractivity contribution in [2.45, 2.75) is 39.2 Å². The Balaban J connectivity index is 2.46. The maximum absolute atomic E-state index is 12.1. The van der Waals surface area contributed by atoms with E-state index in [1.165, 1.54) is 0 Å². The van der Waals surface area contributed by atoms with Gasteiger partial charge in [0.15, 0.2) is 0 Å². The SMILES string of the molecule is CC(C)C(N)CC(=O)N1CCCC(CNS(N)(=O)=O)C1. The van der Waals surface area contributed by atoms with Gasteiger partial charge in [0, 0.05) is 32.1 Å². The van der Waals surface area contributed by atoms with Crippen LogP contribution >= 0.6 is 0 Å². The molecule has 1 heterocycles. The van der Waals surface area contributed by atoms with Gasteiger partial charge in [0.05, 0.1) is 0 Å². The summed E-state index contributed by atoms with van der Waals surface area (Å²) in [5, 5.41) is 4.91. The molecule has 0 spiro atoms. The molecule has 1 rings (SSSR count). The van der Waals surface area contributed by atoms with E-state index in [0.29, 0.717) is 13.0 Å². The Labute approximate surface area is 121 Å². The van der Waals surface area contributed by atoms with Gasteiger partial charge in [0.1, 0.15) is 0 Å². The highest BCUT2D eigenvalue weighted by atomic mass is 32.2. The lowest BCUT2D eigenvalue weighted by atomic mass is 9.96. The average Bonchev–Trinajstić information content (AvgIpc) is 2.35. The molecule has 20 heavy (non-hydrogen) atoms. The smallest absolute Gasteiger partial charge is 0.274 e. The van der Waals surface area contributed by atoms with Crippen LogP contribution in [0.1, 0.15) is 33.1 Å². The van der Waals surface area contributed by atoms with Crippen molar-refractivity contribution >= 4 is 16.1 Å². The summed E-state index contributed by atoms with van der Waals surface area (Å²) >= 11 is 0. The molecule has 0 saturated carbocycles. The Bertz CT molecular complexity index is 424. The lowest BCUT2D eigenvalue weighted by Crippen LogP contribution is -2.46. The molecule has 7 nitrogen and oxygen atoms in total. The predicted molar refractivity (Wildman–Crippen MR) is 77.8 cm³/mol. The fourth-order valence-corrected chi connectivity index (χ4v) is 2.73. The summed E-state index contributed by atoms with van der Waals surface area (Å²) in [6.07, 6.45) is 2.11. The van der Waals surface area contributed by atoms with Crippen LogP contribution < -0.4 is 15.6 Å². The zero-order chi connectivity index (χ0) is 15.3. The van der Waals surface area contributed by atoms with E-state index < -0.39 is 10.2 Å².